The number of aliphatic carboxylic acids is 1. The van der Waals surface area contributed by atoms with Crippen molar-refractivity contribution in [1.82, 2.24) is 4.90 Å². The van der Waals surface area contributed by atoms with E-state index in [-0.39, 0.29) is 12.3 Å². The summed E-state index contributed by atoms with van der Waals surface area (Å²) in [6, 6.07) is -0.665. The largest absolute Gasteiger partial charge is 0.479 e. The van der Waals surface area contributed by atoms with Crippen LogP contribution in [0.3, 0.4) is 0 Å². The minimum Gasteiger partial charge on any atom is -0.479 e. The van der Waals surface area contributed by atoms with Crippen molar-refractivity contribution in [2.24, 2.45) is 5.73 Å². The van der Waals surface area contributed by atoms with Gasteiger partial charge in [0.2, 0.25) is 5.91 Å². The Balaban J connectivity index is 3.02. The molecule has 0 aromatic heterocycles. The summed E-state index contributed by atoms with van der Waals surface area (Å²) in [6.07, 6.45) is 2.97. The van der Waals surface area contributed by atoms with Crippen molar-refractivity contribution in [1.29, 1.82) is 0 Å². The molecule has 1 rings (SSSR count). The Hall–Kier alpha value is -1.36. The molecule has 0 aromatic rings. The van der Waals surface area contributed by atoms with E-state index in [2.05, 4.69) is 6.58 Å². The lowest BCUT2D eigenvalue weighted by Crippen LogP contribution is -2.56. The molecule has 1 fully saturated rings. The van der Waals surface area contributed by atoms with E-state index in [4.69, 9.17) is 5.73 Å². The van der Waals surface area contributed by atoms with Crippen LogP contribution in [0.4, 0.5) is 0 Å². The van der Waals surface area contributed by atoms with Gasteiger partial charge < -0.3 is 15.7 Å². The van der Waals surface area contributed by atoms with Crippen molar-refractivity contribution < 1.29 is 14.7 Å². The van der Waals surface area contributed by atoms with Crippen molar-refractivity contribution >= 4 is 11.9 Å². The highest BCUT2D eigenvalue weighted by Gasteiger charge is 2.49. The lowest BCUT2D eigenvalue weighted by atomic mass is 9.91. The molecule has 0 saturated carbocycles. The minimum absolute atomic E-state index is 0.265. The highest BCUT2D eigenvalue weighted by atomic mass is 16.4. The second-order valence-corrected chi connectivity index (χ2v) is 4.21. The molecule has 1 amide bonds. The molecule has 0 spiro atoms. The zero-order chi connectivity index (χ0) is 12.3. The van der Waals surface area contributed by atoms with Gasteiger partial charge in [-0.05, 0) is 26.2 Å². The SMILES string of the molecule is C=CC[C@@]1(C(=O)O)CCCN1C(=O)[C@H](C)N. The highest BCUT2D eigenvalue weighted by Crippen LogP contribution is 2.33. The highest BCUT2D eigenvalue weighted by molar-refractivity contribution is 5.90. The van der Waals surface area contributed by atoms with Gasteiger partial charge in [0.25, 0.3) is 0 Å². The molecule has 1 saturated heterocycles. The van der Waals surface area contributed by atoms with Gasteiger partial charge in [-0.3, -0.25) is 4.79 Å². The predicted octanol–water partition coefficient (Wildman–Crippen LogP) is 0.356. The molecule has 0 aliphatic carbocycles. The van der Waals surface area contributed by atoms with Gasteiger partial charge in [0.1, 0.15) is 5.54 Å². The van der Waals surface area contributed by atoms with E-state index < -0.39 is 17.6 Å². The second-order valence-electron chi connectivity index (χ2n) is 4.21. The Morgan fingerprint density at radius 3 is 2.75 bits per heavy atom. The molecule has 0 radical (unpaired) electrons. The number of carboxylic acid groups (broad SMARTS) is 1. The van der Waals surface area contributed by atoms with Crippen LogP contribution in [0.5, 0.6) is 0 Å². The average Bonchev–Trinajstić information content (AvgIpc) is 2.62. The van der Waals surface area contributed by atoms with E-state index in [0.29, 0.717) is 19.4 Å². The summed E-state index contributed by atoms with van der Waals surface area (Å²) in [5.41, 5.74) is 4.39. The number of hydrogen-bond donors (Lipinski definition) is 2. The van der Waals surface area contributed by atoms with E-state index in [1.165, 1.54) is 4.90 Å². The first-order valence-corrected chi connectivity index (χ1v) is 5.37. The van der Waals surface area contributed by atoms with Crippen molar-refractivity contribution in [3.63, 3.8) is 0 Å². The Bertz CT molecular complexity index is 314. The molecule has 5 nitrogen and oxygen atoms in total. The first-order chi connectivity index (χ1) is 7.45. The molecule has 90 valence electrons. The van der Waals surface area contributed by atoms with Gasteiger partial charge in [-0.25, -0.2) is 4.79 Å². The first-order valence-electron chi connectivity index (χ1n) is 5.37. The van der Waals surface area contributed by atoms with Gasteiger partial charge >= 0.3 is 5.97 Å². The van der Waals surface area contributed by atoms with Crippen molar-refractivity contribution in [2.45, 2.75) is 37.8 Å². The number of nitrogens with two attached hydrogens (primary N) is 1. The lowest BCUT2D eigenvalue weighted by molar-refractivity contribution is -0.156. The fourth-order valence-corrected chi connectivity index (χ4v) is 2.21. The summed E-state index contributed by atoms with van der Waals surface area (Å²) >= 11 is 0. The predicted molar refractivity (Wildman–Crippen MR) is 59.8 cm³/mol. The topological polar surface area (TPSA) is 83.6 Å². The van der Waals surface area contributed by atoms with Gasteiger partial charge in [0.15, 0.2) is 0 Å². The Morgan fingerprint density at radius 1 is 1.69 bits per heavy atom. The van der Waals surface area contributed by atoms with Crippen molar-refractivity contribution in [3.8, 4) is 0 Å². The Kier molecular flexibility index (Phi) is 3.70. The van der Waals surface area contributed by atoms with E-state index in [1.54, 1.807) is 13.0 Å². The molecule has 0 bridgehead atoms. The zero-order valence-electron chi connectivity index (χ0n) is 9.48. The third-order valence-electron chi connectivity index (χ3n) is 3.02. The second kappa shape index (κ2) is 4.65. The zero-order valence-corrected chi connectivity index (χ0v) is 9.48. The van der Waals surface area contributed by atoms with Crippen LogP contribution in [0, 0.1) is 0 Å². The quantitative estimate of drug-likeness (QED) is 0.678. The van der Waals surface area contributed by atoms with Crippen molar-refractivity contribution in [2.75, 3.05) is 6.54 Å². The van der Waals surface area contributed by atoms with Crippen LogP contribution in [0.2, 0.25) is 0 Å². The molecule has 1 aliphatic rings. The lowest BCUT2D eigenvalue weighted by Gasteiger charge is -2.35. The van der Waals surface area contributed by atoms with E-state index in [0.717, 1.165) is 0 Å². The number of carbonyl (C=O) groups excluding carboxylic acids is 1. The van der Waals surface area contributed by atoms with Crippen LogP contribution in [0.15, 0.2) is 12.7 Å². The third kappa shape index (κ3) is 1.95. The van der Waals surface area contributed by atoms with Crippen LogP contribution in [-0.4, -0.2) is 40.0 Å². The molecule has 3 N–H and O–H groups in total. The molecule has 1 aliphatic heterocycles. The third-order valence-corrected chi connectivity index (χ3v) is 3.02. The maximum atomic E-state index is 11.8. The standard InChI is InChI=1S/C11H18N2O3/c1-3-5-11(10(15)16)6-4-7-13(11)9(14)8(2)12/h3,8H,1,4-7,12H2,2H3,(H,15,16)/t8-,11-/m0/s1. The number of likely N-dealkylation sites (tertiary alicyclic amines) is 1. The minimum atomic E-state index is -1.13. The van der Waals surface area contributed by atoms with Gasteiger partial charge in [0, 0.05) is 6.54 Å². The Labute approximate surface area is 94.9 Å². The molecular weight excluding hydrogens is 208 g/mol. The van der Waals surface area contributed by atoms with E-state index in [1.807, 2.05) is 0 Å². The average molecular weight is 226 g/mol. The van der Waals surface area contributed by atoms with Gasteiger partial charge in [-0.2, -0.15) is 0 Å². The number of hydrogen-bond acceptors (Lipinski definition) is 3. The molecule has 2 atom stereocenters. The summed E-state index contributed by atoms with van der Waals surface area (Å²) in [5.74, 6) is -1.28. The summed E-state index contributed by atoms with van der Waals surface area (Å²) in [6.45, 7) is 5.59. The molecule has 0 unspecified atom stereocenters. The molecule has 16 heavy (non-hydrogen) atoms. The molecular formula is C11H18N2O3. The monoisotopic (exact) mass is 226 g/mol. The Morgan fingerprint density at radius 2 is 2.31 bits per heavy atom. The number of carbonyl (C=O) groups is 2. The number of amides is 1. The summed E-state index contributed by atoms with van der Waals surface area (Å²) in [5, 5.41) is 9.31. The maximum Gasteiger partial charge on any atom is 0.329 e. The fraction of sp³-hybridized carbons (Fsp3) is 0.636. The fourth-order valence-electron chi connectivity index (χ4n) is 2.21. The number of rotatable bonds is 4. The van der Waals surface area contributed by atoms with E-state index in [9.17, 15) is 14.7 Å². The normalized spacial score (nSPS) is 26.5. The van der Waals surface area contributed by atoms with Crippen molar-refractivity contribution in [3.05, 3.63) is 12.7 Å². The van der Waals surface area contributed by atoms with Crippen LogP contribution < -0.4 is 5.73 Å². The molecule has 0 aromatic carbocycles. The smallest absolute Gasteiger partial charge is 0.329 e. The first kappa shape index (κ1) is 12.7. The van der Waals surface area contributed by atoms with Crippen LogP contribution in [0.1, 0.15) is 26.2 Å². The molecule has 1 heterocycles. The summed E-state index contributed by atoms with van der Waals surface area (Å²) in [4.78, 5) is 24.6. The van der Waals surface area contributed by atoms with E-state index >= 15 is 0 Å². The van der Waals surface area contributed by atoms with Crippen LogP contribution in [-0.2, 0) is 9.59 Å². The van der Waals surface area contributed by atoms with Gasteiger partial charge in [0.05, 0.1) is 6.04 Å². The van der Waals surface area contributed by atoms with Crippen LogP contribution in [0.25, 0.3) is 0 Å². The maximum absolute atomic E-state index is 11.8. The summed E-state index contributed by atoms with van der Waals surface area (Å²) < 4.78 is 0. The van der Waals surface area contributed by atoms with Gasteiger partial charge in [-0.15, -0.1) is 6.58 Å². The number of nitrogens with zero attached hydrogens (tertiary/aromatic N) is 1. The summed E-state index contributed by atoms with van der Waals surface area (Å²) in [7, 11) is 0. The number of carboxylic acids is 1. The van der Waals surface area contributed by atoms with Crippen LogP contribution >= 0.6 is 0 Å². The van der Waals surface area contributed by atoms with Gasteiger partial charge in [-0.1, -0.05) is 6.08 Å². The molecule has 5 heteroatoms.